The van der Waals surface area contributed by atoms with E-state index in [0.717, 1.165) is 0 Å². The lowest BCUT2D eigenvalue weighted by Gasteiger charge is -2.04. The van der Waals surface area contributed by atoms with Crippen LogP contribution in [-0.2, 0) is 6.42 Å². The van der Waals surface area contributed by atoms with Crippen LogP contribution in [0.2, 0.25) is 0 Å². The van der Waals surface area contributed by atoms with Gasteiger partial charge in [-0.05, 0) is 14.0 Å². The molecule has 2 heterocycles. The number of rotatable bonds is 5. The first-order valence-electron chi connectivity index (χ1n) is 5.59. The van der Waals surface area contributed by atoms with Crippen molar-refractivity contribution in [1.82, 2.24) is 25.4 Å². The van der Waals surface area contributed by atoms with Crippen LogP contribution in [0, 0.1) is 0 Å². The summed E-state index contributed by atoms with van der Waals surface area (Å²) in [4.78, 5) is 12.3. The summed E-state index contributed by atoms with van der Waals surface area (Å²) in [6.45, 7) is 2.04. The van der Waals surface area contributed by atoms with Gasteiger partial charge >= 0.3 is 0 Å². The second-order valence-electron chi connectivity index (χ2n) is 3.85. The quantitative estimate of drug-likeness (QED) is 0.834. The molecule has 0 spiro atoms. The monoisotopic (exact) mass is 249 g/mol. The molecule has 96 valence electrons. The van der Waals surface area contributed by atoms with Crippen molar-refractivity contribution in [2.24, 2.45) is 0 Å². The summed E-state index contributed by atoms with van der Waals surface area (Å²) in [5.74, 6) is 1.48. The van der Waals surface area contributed by atoms with Crippen molar-refractivity contribution >= 4 is 0 Å². The van der Waals surface area contributed by atoms with Crippen LogP contribution >= 0.6 is 0 Å². The number of ether oxygens (including phenoxy) is 1. The maximum absolute atomic E-state index is 5.16. The van der Waals surface area contributed by atoms with Gasteiger partial charge < -0.3 is 14.6 Å². The Morgan fingerprint density at radius 2 is 2.28 bits per heavy atom. The third kappa shape index (κ3) is 2.80. The Bertz CT molecular complexity index is 514. The normalized spacial score (nSPS) is 12.4. The van der Waals surface area contributed by atoms with Gasteiger partial charge in [0.05, 0.1) is 7.11 Å². The predicted octanol–water partition coefficient (Wildman–Crippen LogP) is 0.686. The number of nitrogens with zero attached hydrogens (tertiary/aromatic N) is 4. The molecule has 0 amide bonds. The second kappa shape index (κ2) is 5.54. The minimum atomic E-state index is 0.276. The summed E-state index contributed by atoms with van der Waals surface area (Å²) in [5, 5.41) is 7.00. The Kier molecular flexibility index (Phi) is 3.83. The third-order valence-corrected chi connectivity index (χ3v) is 2.52. The molecule has 2 aromatic rings. The van der Waals surface area contributed by atoms with E-state index in [9.17, 15) is 0 Å². The summed E-state index contributed by atoms with van der Waals surface area (Å²) in [6.07, 6.45) is 2.08. The molecule has 0 aliphatic heterocycles. The van der Waals surface area contributed by atoms with Crippen molar-refractivity contribution in [3.8, 4) is 17.4 Å². The standard InChI is InChI=1S/C11H15N5O2/c1-7(12-2)4-10-15-11(16-18-10)8-5-9(17-3)14-6-13-8/h5-7,12H,4H2,1-3H3. The molecule has 0 aromatic carbocycles. The zero-order chi connectivity index (χ0) is 13.0. The smallest absolute Gasteiger partial charge is 0.228 e. The van der Waals surface area contributed by atoms with Crippen molar-refractivity contribution in [3.05, 3.63) is 18.3 Å². The molecule has 2 rings (SSSR count). The Labute approximate surface area is 105 Å². The average Bonchev–Trinajstić information content (AvgIpc) is 2.87. The molecular weight excluding hydrogens is 234 g/mol. The lowest BCUT2D eigenvalue weighted by Crippen LogP contribution is -2.23. The minimum absolute atomic E-state index is 0.276. The van der Waals surface area contributed by atoms with Gasteiger partial charge in [0.15, 0.2) is 0 Å². The van der Waals surface area contributed by atoms with E-state index in [1.54, 1.807) is 13.2 Å². The number of methoxy groups -OCH3 is 1. The second-order valence-corrected chi connectivity index (χ2v) is 3.85. The van der Waals surface area contributed by atoms with Crippen LogP contribution < -0.4 is 10.1 Å². The molecule has 0 aliphatic rings. The Morgan fingerprint density at radius 3 is 3.00 bits per heavy atom. The molecule has 0 bridgehead atoms. The van der Waals surface area contributed by atoms with E-state index in [2.05, 4.69) is 25.4 Å². The fourth-order valence-corrected chi connectivity index (χ4v) is 1.38. The van der Waals surface area contributed by atoms with Gasteiger partial charge in [-0.15, -0.1) is 0 Å². The zero-order valence-corrected chi connectivity index (χ0v) is 10.5. The number of aromatic nitrogens is 4. The summed E-state index contributed by atoms with van der Waals surface area (Å²) in [5.41, 5.74) is 0.578. The van der Waals surface area contributed by atoms with E-state index in [-0.39, 0.29) is 6.04 Å². The Morgan fingerprint density at radius 1 is 1.44 bits per heavy atom. The van der Waals surface area contributed by atoms with Crippen LogP contribution in [0.15, 0.2) is 16.9 Å². The maximum Gasteiger partial charge on any atom is 0.228 e. The molecule has 0 saturated heterocycles. The highest BCUT2D eigenvalue weighted by molar-refractivity contribution is 5.49. The van der Waals surface area contributed by atoms with Gasteiger partial charge in [-0.2, -0.15) is 4.98 Å². The van der Waals surface area contributed by atoms with E-state index in [4.69, 9.17) is 9.26 Å². The van der Waals surface area contributed by atoms with E-state index < -0.39 is 0 Å². The van der Waals surface area contributed by atoms with Gasteiger partial charge in [-0.25, -0.2) is 9.97 Å². The number of hydrogen-bond acceptors (Lipinski definition) is 7. The molecule has 0 radical (unpaired) electrons. The summed E-state index contributed by atoms with van der Waals surface area (Å²) < 4.78 is 10.2. The first-order chi connectivity index (χ1) is 8.72. The first kappa shape index (κ1) is 12.4. The van der Waals surface area contributed by atoms with Crippen molar-refractivity contribution < 1.29 is 9.26 Å². The van der Waals surface area contributed by atoms with Gasteiger partial charge in [0.25, 0.3) is 0 Å². The van der Waals surface area contributed by atoms with Crippen molar-refractivity contribution in [3.63, 3.8) is 0 Å². The molecule has 1 N–H and O–H groups in total. The molecule has 1 atom stereocenters. The van der Waals surface area contributed by atoms with E-state index >= 15 is 0 Å². The molecule has 0 saturated carbocycles. The number of likely N-dealkylation sites (N-methyl/N-ethyl adjacent to an activating group) is 1. The minimum Gasteiger partial charge on any atom is -0.481 e. The molecule has 0 fully saturated rings. The van der Waals surface area contributed by atoms with E-state index in [0.29, 0.717) is 29.7 Å². The van der Waals surface area contributed by atoms with Crippen molar-refractivity contribution in [2.45, 2.75) is 19.4 Å². The van der Waals surface area contributed by atoms with Gasteiger partial charge in [-0.1, -0.05) is 5.16 Å². The predicted molar refractivity (Wildman–Crippen MR) is 64.1 cm³/mol. The molecule has 7 nitrogen and oxygen atoms in total. The topological polar surface area (TPSA) is 86.0 Å². The van der Waals surface area contributed by atoms with Crippen LogP contribution in [0.5, 0.6) is 5.88 Å². The average molecular weight is 249 g/mol. The molecule has 2 aromatic heterocycles. The SMILES string of the molecule is CNC(C)Cc1nc(-c2cc(OC)ncn2)no1. The maximum atomic E-state index is 5.16. The molecule has 0 aliphatic carbocycles. The number of hydrogen-bond donors (Lipinski definition) is 1. The molecule has 7 heteroatoms. The highest BCUT2D eigenvalue weighted by atomic mass is 16.5. The summed E-state index contributed by atoms with van der Waals surface area (Å²) in [7, 11) is 3.43. The van der Waals surface area contributed by atoms with E-state index in [1.165, 1.54) is 6.33 Å². The van der Waals surface area contributed by atoms with Gasteiger partial charge in [0.2, 0.25) is 17.6 Å². The fourth-order valence-electron chi connectivity index (χ4n) is 1.38. The Balaban J connectivity index is 2.18. The molecule has 1 unspecified atom stereocenters. The number of nitrogens with one attached hydrogen (secondary N) is 1. The summed E-state index contributed by atoms with van der Waals surface area (Å²) >= 11 is 0. The van der Waals surface area contributed by atoms with Gasteiger partial charge in [0.1, 0.15) is 12.0 Å². The fraction of sp³-hybridized carbons (Fsp3) is 0.455. The Hall–Kier alpha value is -2.02. The van der Waals surface area contributed by atoms with Crippen LogP contribution in [0.1, 0.15) is 12.8 Å². The van der Waals surface area contributed by atoms with E-state index in [1.807, 2.05) is 14.0 Å². The van der Waals surface area contributed by atoms with Crippen molar-refractivity contribution in [1.29, 1.82) is 0 Å². The molecular formula is C11H15N5O2. The highest BCUT2D eigenvalue weighted by Gasteiger charge is 2.12. The van der Waals surface area contributed by atoms with Crippen molar-refractivity contribution in [2.75, 3.05) is 14.2 Å². The van der Waals surface area contributed by atoms with Crippen LogP contribution in [0.25, 0.3) is 11.5 Å². The highest BCUT2D eigenvalue weighted by Crippen LogP contribution is 2.16. The van der Waals surface area contributed by atoms with Crippen LogP contribution in [0.3, 0.4) is 0 Å². The van der Waals surface area contributed by atoms with Crippen LogP contribution in [-0.4, -0.2) is 40.3 Å². The van der Waals surface area contributed by atoms with Gasteiger partial charge in [0, 0.05) is 18.5 Å². The zero-order valence-electron chi connectivity index (χ0n) is 10.5. The lowest BCUT2D eigenvalue weighted by molar-refractivity contribution is 0.365. The lowest BCUT2D eigenvalue weighted by atomic mass is 10.2. The molecule has 18 heavy (non-hydrogen) atoms. The third-order valence-electron chi connectivity index (χ3n) is 2.52. The first-order valence-corrected chi connectivity index (χ1v) is 5.59. The van der Waals surface area contributed by atoms with Gasteiger partial charge in [-0.3, -0.25) is 0 Å². The van der Waals surface area contributed by atoms with Crippen LogP contribution in [0.4, 0.5) is 0 Å². The summed E-state index contributed by atoms with van der Waals surface area (Å²) in [6, 6.07) is 1.94. The largest absolute Gasteiger partial charge is 0.481 e.